The maximum Gasteiger partial charge on any atom is 0.265 e. The second kappa shape index (κ2) is 9.72. The van der Waals surface area contributed by atoms with Crippen molar-refractivity contribution in [1.82, 2.24) is 0 Å². The third kappa shape index (κ3) is 6.13. The summed E-state index contributed by atoms with van der Waals surface area (Å²) in [6.07, 6.45) is -0.776. The molecule has 0 aliphatic rings. The summed E-state index contributed by atoms with van der Waals surface area (Å²) in [7, 11) is -2.23. The second-order valence-corrected chi connectivity index (χ2v) is 8.68. The SMILES string of the molecule is COc1cccc(O[C@@H](C)C(=O)Nc2ccc(S(=O)(=O)Nc3ccc(Cl)cc3)cc2)c1. The van der Waals surface area contributed by atoms with Gasteiger partial charge in [0.2, 0.25) is 0 Å². The minimum absolute atomic E-state index is 0.0566. The van der Waals surface area contributed by atoms with Crippen LogP contribution in [0.4, 0.5) is 11.4 Å². The number of carbonyl (C=O) groups excluding carboxylic acids is 1. The molecule has 0 heterocycles. The number of halogens is 1. The van der Waals surface area contributed by atoms with E-state index in [-0.39, 0.29) is 10.8 Å². The zero-order chi connectivity index (χ0) is 22.4. The van der Waals surface area contributed by atoms with Crippen LogP contribution in [0.25, 0.3) is 0 Å². The van der Waals surface area contributed by atoms with E-state index in [1.54, 1.807) is 62.6 Å². The lowest BCUT2D eigenvalue weighted by Crippen LogP contribution is -2.30. The van der Waals surface area contributed by atoms with Crippen molar-refractivity contribution in [1.29, 1.82) is 0 Å². The standard InChI is InChI=1S/C22H21ClN2O5S/c1-15(30-20-5-3-4-19(14-20)29-2)22(26)24-17-10-12-21(13-11-17)31(27,28)25-18-8-6-16(23)7-9-18/h3-15,25H,1-2H3,(H,24,26)/t15-/m0/s1. The number of carbonyl (C=O) groups is 1. The third-order valence-electron chi connectivity index (χ3n) is 4.25. The summed E-state index contributed by atoms with van der Waals surface area (Å²) in [4.78, 5) is 12.5. The molecule has 0 fully saturated rings. The molecule has 2 N–H and O–H groups in total. The fourth-order valence-electron chi connectivity index (χ4n) is 2.63. The number of benzene rings is 3. The van der Waals surface area contributed by atoms with Gasteiger partial charge in [0, 0.05) is 22.5 Å². The highest BCUT2D eigenvalue weighted by atomic mass is 35.5. The Kier molecular flexibility index (Phi) is 7.04. The molecule has 0 saturated carbocycles. The highest BCUT2D eigenvalue weighted by Gasteiger charge is 2.17. The number of hydrogen-bond donors (Lipinski definition) is 2. The Morgan fingerprint density at radius 2 is 1.55 bits per heavy atom. The van der Waals surface area contributed by atoms with Crippen LogP contribution in [0.5, 0.6) is 11.5 Å². The highest BCUT2D eigenvalue weighted by Crippen LogP contribution is 2.22. The van der Waals surface area contributed by atoms with Crippen LogP contribution in [0.3, 0.4) is 0 Å². The van der Waals surface area contributed by atoms with E-state index in [1.807, 2.05) is 0 Å². The fraction of sp³-hybridized carbons (Fsp3) is 0.136. The molecule has 0 unspecified atom stereocenters. The largest absolute Gasteiger partial charge is 0.497 e. The molecule has 3 aromatic carbocycles. The van der Waals surface area contributed by atoms with Crippen LogP contribution in [0.15, 0.2) is 77.7 Å². The summed E-state index contributed by atoms with van der Waals surface area (Å²) in [5.74, 6) is 0.739. The molecule has 1 amide bonds. The van der Waals surface area contributed by atoms with Gasteiger partial charge < -0.3 is 14.8 Å². The molecular weight excluding hydrogens is 440 g/mol. The van der Waals surface area contributed by atoms with Gasteiger partial charge in [-0.05, 0) is 67.6 Å². The van der Waals surface area contributed by atoms with Crippen LogP contribution in [0.1, 0.15) is 6.92 Å². The molecule has 0 aliphatic heterocycles. The Hall–Kier alpha value is -3.23. The number of anilines is 2. The van der Waals surface area contributed by atoms with E-state index in [9.17, 15) is 13.2 Å². The maximum atomic E-state index is 12.5. The van der Waals surface area contributed by atoms with Crippen molar-refractivity contribution < 1.29 is 22.7 Å². The molecule has 3 aromatic rings. The summed E-state index contributed by atoms with van der Waals surface area (Å²) >= 11 is 5.81. The summed E-state index contributed by atoms with van der Waals surface area (Å²) in [6, 6.07) is 19.1. The van der Waals surface area contributed by atoms with Crippen LogP contribution in [0, 0.1) is 0 Å². The van der Waals surface area contributed by atoms with Crippen molar-refractivity contribution in [2.75, 3.05) is 17.1 Å². The third-order valence-corrected chi connectivity index (χ3v) is 5.90. The molecule has 0 bridgehead atoms. The first-order chi connectivity index (χ1) is 14.8. The smallest absolute Gasteiger partial charge is 0.265 e. The molecule has 162 valence electrons. The Morgan fingerprint density at radius 3 is 2.19 bits per heavy atom. The minimum Gasteiger partial charge on any atom is -0.497 e. The second-order valence-electron chi connectivity index (χ2n) is 6.57. The van der Waals surface area contributed by atoms with Crippen molar-refractivity contribution in [2.45, 2.75) is 17.9 Å². The predicted octanol–water partition coefficient (Wildman–Crippen LogP) is 4.56. The van der Waals surface area contributed by atoms with Crippen LogP contribution in [-0.4, -0.2) is 27.5 Å². The van der Waals surface area contributed by atoms with Gasteiger partial charge in [-0.25, -0.2) is 8.42 Å². The van der Waals surface area contributed by atoms with E-state index >= 15 is 0 Å². The van der Waals surface area contributed by atoms with Crippen LogP contribution in [-0.2, 0) is 14.8 Å². The van der Waals surface area contributed by atoms with E-state index in [4.69, 9.17) is 21.1 Å². The van der Waals surface area contributed by atoms with E-state index in [2.05, 4.69) is 10.0 Å². The van der Waals surface area contributed by atoms with Crippen molar-refractivity contribution in [3.05, 3.63) is 77.8 Å². The lowest BCUT2D eigenvalue weighted by Gasteiger charge is -2.15. The van der Waals surface area contributed by atoms with E-state index in [0.717, 1.165) is 0 Å². The molecule has 1 atom stereocenters. The zero-order valence-electron chi connectivity index (χ0n) is 16.8. The number of methoxy groups -OCH3 is 1. The van der Waals surface area contributed by atoms with Gasteiger partial charge in [-0.2, -0.15) is 0 Å². The van der Waals surface area contributed by atoms with Crippen molar-refractivity contribution in [3.8, 4) is 11.5 Å². The number of nitrogens with one attached hydrogen (secondary N) is 2. The summed E-state index contributed by atoms with van der Waals surface area (Å²) in [6.45, 7) is 1.61. The van der Waals surface area contributed by atoms with E-state index in [1.165, 1.54) is 24.3 Å². The van der Waals surface area contributed by atoms with Crippen LogP contribution >= 0.6 is 11.6 Å². The lowest BCUT2D eigenvalue weighted by atomic mass is 10.3. The first kappa shape index (κ1) is 22.5. The fourth-order valence-corrected chi connectivity index (χ4v) is 3.81. The Balaban J connectivity index is 1.62. The molecule has 0 aliphatic carbocycles. The molecule has 0 radical (unpaired) electrons. The number of hydrogen-bond acceptors (Lipinski definition) is 5. The molecule has 3 rings (SSSR count). The number of sulfonamides is 1. The monoisotopic (exact) mass is 460 g/mol. The zero-order valence-corrected chi connectivity index (χ0v) is 18.4. The number of ether oxygens (including phenoxy) is 2. The van der Waals surface area contributed by atoms with Crippen molar-refractivity contribution in [2.24, 2.45) is 0 Å². The minimum atomic E-state index is -3.78. The maximum absolute atomic E-state index is 12.5. The molecule has 31 heavy (non-hydrogen) atoms. The average Bonchev–Trinajstić information content (AvgIpc) is 2.75. The summed E-state index contributed by atoms with van der Waals surface area (Å²) in [5.41, 5.74) is 0.835. The van der Waals surface area contributed by atoms with Crippen LogP contribution in [0.2, 0.25) is 5.02 Å². The van der Waals surface area contributed by atoms with Gasteiger partial charge in [0.05, 0.1) is 12.0 Å². The Bertz CT molecular complexity index is 1150. The van der Waals surface area contributed by atoms with E-state index < -0.39 is 16.1 Å². The van der Waals surface area contributed by atoms with Crippen molar-refractivity contribution in [3.63, 3.8) is 0 Å². The molecule has 0 saturated heterocycles. The number of rotatable bonds is 8. The van der Waals surface area contributed by atoms with Gasteiger partial charge in [0.15, 0.2) is 6.10 Å². The highest BCUT2D eigenvalue weighted by molar-refractivity contribution is 7.92. The van der Waals surface area contributed by atoms with Crippen LogP contribution < -0.4 is 19.5 Å². The topological polar surface area (TPSA) is 93.7 Å². The first-order valence-electron chi connectivity index (χ1n) is 9.27. The van der Waals surface area contributed by atoms with Gasteiger partial charge in [0.25, 0.3) is 15.9 Å². The molecule has 9 heteroatoms. The Labute approximate surface area is 186 Å². The summed E-state index contributed by atoms with van der Waals surface area (Å²) in [5, 5.41) is 3.21. The van der Waals surface area contributed by atoms with Crippen molar-refractivity contribution >= 4 is 38.9 Å². The quantitative estimate of drug-likeness (QED) is 0.514. The molecule has 0 aromatic heterocycles. The molecule has 0 spiro atoms. The van der Waals surface area contributed by atoms with Gasteiger partial charge in [-0.15, -0.1) is 0 Å². The van der Waals surface area contributed by atoms with Gasteiger partial charge in [-0.3, -0.25) is 9.52 Å². The lowest BCUT2D eigenvalue weighted by molar-refractivity contribution is -0.122. The normalized spacial score (nSPS) is 12.0. The predicted molar refractivity (Wildman–Crippen MR) is 120 cm³/mol. The van der Waals surface area contributed by atoms with E-state index in [0.29, 0.717) is 27.9 Å². The number of amides is 1. The average molecular weight is 461 g/mol. The first-order valence-corrected chi connectivity index (χ1v) is 11.1. The molecular formula is C22H21ClN2O5S. The van der Waals surface area contributed by atoms with Gasteiger partial charge in [0.1, 0.15) is 11.5 Å². The molecule has 7 nitrogen and oxygen atoms in total. The van der Waals surface area contributed by atoms with Gasteiger partial charge in [-0.1, -0.05) is 17.7 Å². The van der Waals surface area contributed by atoms with Gasteiger partial charge >= 0.3 is 0 Å². The Morgan fingerprint density at radius 1 is 0.935 bits per heavy atom. The summed E-state index contributed by atoms with van der Waals surface area (Å²) < 4.78 is 38.3.